The normalized spacial score (nSPS) is 20.0. The molecule has 5 rings (SSSR count). The molecule has 11 heteroatoms. The van der Waals surface area contributed by atoms with Crippen molar-refractivity contribution in [2.45, 2.75) is 31.2 Å². The molecule has 6 nitrogen and oxygen atoms in total. The summed E-state index contributed by atoms with van der Waals surface area (Å²) >= 11 is 6.01. The van der Waals surface area contributed by atoms with E-state index in [1.807, 2.05) is 0 Å². The van der Waals surface area contributed by atoms with Crippen LogP contribution in [-0.4, -0.2) is 43.6 Å². The lowest BCUT2D eigenvalue weighted by atomic mass is 9.74. The van der Waals surface area contributed by atoms with Gasteiger partial charge in [0.05, 0.1) is 11.0 Å². The lowest BCUT2D eigenvalue weighted by Gasteiger charge is -2.36. The van der Waals surface area contributed by atoms with Crippen molar-refractivity contribution in [1.29, 1.82) is 0 Å². The van der Waals surface area contributed by atoms with Crippen LogP contribution >= 0.6 is 11.6 Å². The maximum absolute atomic E-state index is 14.1. The van der Waals surface area contributed by atoms with Gasteiger partial charge in [0.1, 0.15) is 35.5 Å². The molecule has 3 heterocycles. The first-order valence-corrected chi connectivity index (χ1v) is 13.3. The molecule has 210 valence electrons. The first-order chi connectivity index (χ1) is 19.1. The molecule has 1 saturated heterocycles. The van der Waals surface area contributed by atoms with Crippen LogP contribution in [0.2, 0.25) is 5.15 Å². The number of carbonyl (C=O) groups is 1. The van der Waals surface area contributed by atoms with Gasteiger partial charge in [0.2, 0.25) is 0 Å². The van der Waals surface area contributed by atoms with Crippen LogP contribution < -0.4 is 19.9 Å². The van der Waals surface area contributed by atoms with E-state index in [-0.39, 0.29) is 46.9 Å². The number of urea groups is 1. The van der Waals surface area contributed by atoms with Crippen molar-refractivity contribution in [3.63, 3.8) is 0 Å². The number of pyridine rings is 1. The number of piperidine rings is 1. The van der Waals surface area contributed by atoms with Gasteiger partial charge in [0.15, 0.2) is 0 Å². The molecule has 0 aliphatic carbocycles. The molecule has 0 saturated carbocycles. The lowest BCUT2D eigenvalue weighted by Crippen LogP contribution is -2.60. The van der Waals surface area contributed by atoms with Gasteiger partial charge in [0.25, 0.3) is 0 Å². The van der Waals surface area contributed by atoms with Crippen molar-refractivity contribution in [2.75, 3.05) is 26.2 Å². The van der Waals surface area contributed by atoms with Gasteiger partial charge in [-0.3, -0.25) is 0 Å². The number of nitrogens with zero attached hydrogens (tertiary/aromatic N) is 2. The quantitative estimate of drug-likeness (QED) is 0.205. The molecular formula is C29H28ClF4N4O2+. The van der Waals surface area contributed by atoms with E-state index in [0.29, 0.717) is 37.2 Å². The van der Waals surface area contributed by atoms with E-state index in [9.17, 15) is 22.4 Å². The Hall–Kier alpha value is -3.47. The highest BCUT2D eigenvalue weighted by Crippen LogP contribution is 2.54. The molecule has 2 aliphatic rings. The Bertz CT molecular complexity index is 1410. The third-order valence-corrected chi connectivity index (χ3v) is 7.78. The van der Waals surface area contributed by atoms with Gasteiger partial charge in [-0.1, -0.05) is 35.9 Å². The van der Waals surface area contributed by atoms with E-state index in [1.165, 1.54) is 30.5 Å². The predicted octanol–water partition coefficient (Wildman–Crippen LogP) is 6.34. The number of hydrogen-bond donors (Lipinski definition) is 2. The number of hydrogen-bond acceptors (Lipinski definition) is 4. The van der Waals surface area contributed by atoms with Crippen molar-refractivity contribution >= 4 is 29.4 Å². The number of fused-ring (bicyclic) bond motifs is 2. The summed E-state index contributed by atoms with van der Waals surface area (Å²) in [7, 11) is 0. The Morgan fingerprint density at radius 2 is 1.90 bits per heavy atom. The molecule has 1 fully saturated rings. The Morgan fingerprint density at radius 3 is 2.60 bits per heavy atom. The molecule has 2 aromatic carbocycles. The monoisotopic (exact) mass is 575 g/mol. The number of carbonyl (C=O) groups excluding carboxylic acids is 1. The first-order valence-electron chi connectivity index (χ1n) is 12.9. The van der Waals surface area contributed by atoms with Crippen molar-refractivity contribution < 1.29 is 27.1 Å². The minimum atomic E-state index is -4.88. The summed E-state index contributed by atoms with van der Waals surface area (Å²) in [4.78, 5) is 18.1. The summed E-state index contributed by atoms with van der Waals surface area (Å²) < 4.78 is 58.2. The molecule has 1 spiro atoms. The molecular weight excluding hydrogens is 548 g/mol. The lowest BCUT2D eigenvalue weighted by molar-refractivity contribution is -0.275. The second-order valence-electron chi connectivity index (χ2n) is 10.1. The van der Waals surface area contributed by atoms with Gasteiger partial charge >= 0.3 is 12.4 Å². The zero-order valence-electron chi connectivity index (χ0n) is 21.5. The zero-order valence-corrected chi connectivity index (χ0v) is 22.2. The summed E-state index contributed by atoms with van der Waals surface area (Å²) in [5, 5.41) is 6.54. The Morgan fingerprint density at radius 1 is 1.15 bits per heavy atom. The molecule has 0 bridgehead atoms. The van der Waals surface area contributed by atoms with Crippen LogP contribution in [0, 0.1) is 5.82 Å². The van der Waals surface area contributed by atoms with E-state index in [2.05, 4.69) is 20.4 Å². The van der Waals surface area contributed by atoms with Gasteiger partial charge in [0, 0.05) is 18.8 Å². The molecule has 2 amide bonds. The fourth-order valence-corrected chi connectivity index (χ4v) is 6.06. The number of rotatable bonds is 6. The smallest absolute Gasteiger partial charge is 0.405 e. The van der Waals surface area contributed by atoms with Crippen molar-refractivity contribution in [2.24, 2.45) is 0 Å². The highest BCUT2D eigenvalue weighted by Gasteiger charge is 2.59. The average molecular weight is 576 g/mol. The third-order valence-electron chi connectivity index (χ3n) is 7.58. The number of nitrogens with one attached hydrogen (secondary N) is 2. The molecule has 1 aromatic heterocycles. The molecule has 2 aliphatic heterocycles. The number of benzene rings is 2. The highest BCUT2D eigenvalue weighted by atomic mass is 35.5. The number of amides is 2. The highest BCUT2D eigenvalue weighted by molar-refractivity contribution is 6.29. The zero-order chi connectivity index (χ0) is 28.4. The number of quaternary nitrogens is 1. The molecule has 1 unspecified atom stereocenters. The molecule has 0 radical (unpaired) electrons. The molecule has 2 N–H and O–H groups in total. The summed E-state index contributed by atoms with van der Waals surface area (Å²) in [5.41, 5.74) is 1.66. The molecule has 40 heavy (non-hydrogen) atoms. The number of aromatic nitrogens is 1. The Kier molecular flexibility index (Phi) is 7.85. The molecule has 1 atom stereocenters. The predicted molar refractivity (Wildman–Crippen MR) is 145 cm³/mol. The van der Waals surface area contributed by atoms with E-state index < -0.39 is 11.8 Å². The Balaban J connectivity index is 1.57. The second-order valence-corrected chi connectivity index (χ2v) is 10.5. The summed E-state index contributed by atoms with van der Waals surface area (Å²) in [5.74, 6) is -0.641. The van der Waals surface area contributed by atoms with E-state index in [4.69, 9.17) is 11.6 Å². The van der Waals surface area contributed by atoms with E-state index >= 15 is 0 Å². The maximum Gasteiger partial charge on any atom is 0.573 e. The van der Waals surface area contributed by atoms with Crippen LogP contribution in [0.25, 0.3) is 6.08 Å². The fourth-order valence-electron chi connectivity index (χ4n) is 5.86. The number of alkyl halides is 3. The third kappa shape index (κ3) is 5.84. The molecule has 3 aromatic rings. The van der Waals surface area contributed by atoms with Gasteiger partial charge in [-0.05, 0) is 73.5 Å². The minimum absolute atomic E-state index is 0.158. The van der Waals surface area contributed by atoms with Crippen molar-refractivity contribution in [3.8, 4) is 5.75 Å². The second kappa shape index (κ2) is 11.2. The minimum Gasteiger partial charge on any atom is -0.405 e. The SMILES string of the molecule is O=C(NCc1ccnc(Cl)c1)[N+]1(C/C=C/c2ccc(F)cc2)CC2(CCNCC2)c2c(OC(F)(F)F)cccc21. The fraction of sp³-hybridized carbons (Fsp3) is 0.310. The van der Waals surface area contributed by atoms with Gasteiger partial charge in [-0.25, -0.2) is 18.7 Å². The topological polar surface area (TPSA) is 63.2 Å². The van der Waals surface area contributed by atoms with Crippen LogP contribution in [0.4, 0.5) is 28.0 Å². The summed E-state index contributed by atoms with van der Waals surface area (Å²) in [6, 6.07) is 13.4. The van der Waals surface area contributed by atoms with Crippen LogP contribution in [0.5, 0.6) is 5.75 Å². The van der Waals surface area contributed by atoms with Crippen LogP contribution in [-0.2, 0) is 12.0 Å². The standard InChI is InChI=1S/C29H27ClF4N4O2/c30-25-17-21(10-13-36-25)18-37-27(39)38(16-2-3-20-6-8-22(31)9-7-20)19-28(11-14-35-15-12-28)26-23(38)4-1-5-24(26)40-29(32,33)34/h1-10,13,17,35H,11-12,14-16,18-19H2/p+1/b3-2+. The van der Waals surface area contributed by atoms with Gasteiger partial charge in [-0.15, -0.1) is 13.2 Å². The van der Waals surface area contributed by atoms with E-state index in [1.54, 1.807) is 42.5 Å². The average Bonchev–Trinajstić information content (AvgIpc) is 3.18. The van der Waals surface area contributed by atoms with E-state index in [0.717, 1.165) is 11.1 Å². The largest absolute Gasteiger partial charge is 0.573 e. The van der Waals surface area contributed by atoms with Crippen molar-refractivity contribution in [3.05, 3.63) is 94.5 Å². The van der Waals surface area contributed by atoms with Gasteiger partial charge < -0.3 is 15.4 Å². The first kappa shape index (κ1) is 28.1. The van der Waals surface area contributed by atoms with Crippen molar-refractivity contribution in [1.82, 2.24) is 20.1 Å². The Labute approximate surface area is 234 Å². The maximum atomic E-state index is 14.1. The summed E-state index contributed by atoms with van der Waals surface area (Å²) in [6.45, 7) is 1.78. The number of halogens is 5. The van der Waals surface area contributed by atoms with Crippen LogP contribution in [0.1, 0.15) is 29.5 Å². The van der Waals surface area contributed by atoms with Crippen LogP contribution in [0.3, 0.4) is 0 Å². The van der Waals surface area contributed by atoms with Crippen LogP contribution in [0.15, 0.2) is 66.9 Å². The number of ether oxygens (including phenoxy) is 1. The van der Waals surface area contributed by atoms with Gasteiger partial charge in [-0.2, -0.15) is 0 Å². The summed E-state index contributed by atoms with van der Waals surface area (Å²) in [6.07, 6.45) is 1.33.